The Kier molecular flexibility index (Phi) is 8.13. The Morgan fingerprint density at radius 1 is 1.12 bits per heavy atom. The van der Waals surface area contributed by atoms with Gasteiger partial charge in [-0.3, -0.25) is 19.3 Å². The summed E-state index contributed by atoms with van der Waals surface area (Å²) < 4.78 is 5.17. The Bertz CT molecular complexity index is 868. The Hall–Kier alpha value is -3.30. The first kappa shape index (κ1) is 24.3. The van der Waals surface area contributed by atoms with E-state index in [0.717, 1.165) is 37.7 Å². The molecule has 0 bridgehead atoms. The SMILES string of the molecule is CNC(=O)[C@@H]1CN(Cc2ccc(OC)cc2)C(=O)C(CC(N)=O)N1C(=O)NC1CCCCC1. The molecule has 3 rings (SSSR count). The first-order valence-corrected chi connectivity index (χ1v) is 11.3. The molecule has 1 heterocycles. The number of hydrogen-bond donors (Lipinski definition) is 3. The van der Waals surface area contributed by atoms with Crippen molar-refractivity contribution in [3.63, 3.8) is 0 Å². The summed E-state index contributed by atoms with van der Waals surface area (Å²) in [5.41, 5.74) is 6.26. The van der Waals surface area contributed by atoms with E-state index in [-0.39, 0.29) is 25.6 Å². The number of benzene rings is 1. The summed E-state index contributed by atoms with van der Waals surface area (Å²) in [5, 5.41) is 5.55. The number of likely N-dealkylation sites (N-methyl/N-ethyl adjacent to an activating group) is 1. The first-order chi connectivity index (χ1) is 15.8. The molecule has 1 aliphatic heterocycles. The van der Waals surface area contributed by atoms with Crippen LogP contribution in [0.1, 0.15) is 44.1 Å². The highest BCUT2D eigenvalue weighted by Gasteiger charge is 2.46. The van der Waals surface area contributed by atoms with Crippen molar-refractivity contribution in [3.8, 4) is 5.75 Å². The minimum Gasteiger partial charge on any atom is -0.497 e. The van der Waals surface area contributed by atoms with E-state index in [1.165, 1.54) is 16.8 Å². The number of urea groups is 1. The van der Waals surface area contributed by atoms with Gasteiger partial charge in [0.15, 0.2) is 0 Å². The molecular weight excluding hydrogens is 426 g/mol. The summed E-state index contributed by atoms with van der Waals surface area (Å²) >= 11 is 0. The zero-order valence-electron chi connectivity index (χ0n) is 19.2. The van der Waals surface area contributed by atoms with Crippen molar-refractivity contribution >= 4 is 23.8 Å². The molecule has 2 fully saturated rings. The van der Waals surface area contributed by atoms with Gasteiger partial charge in [0.05, 0.1) is 20.1 Å². The molecule has 180 valence electrons. The zero-order chi connectivity index (χ0) is 24.0. The van der Waals surface area contributed by atoms with Crippen molar-refractivity contribution in [2.45, 2.75) is 63.2 Å². The molecule has 1 saturated heterocycles. The van der Waals surface area contributed by atoms with Crippen LogP contribution in [0.25, 0.3) is 0 Å². The number of primary amides is 1. The van der Waals surface area contributed by atoms with E-state index < -0.39 is 35.8 Å². The number of hydrogen-bond acceptors (Lipinski definition) is 5. The van der Waals surface area contributed by atoms with Gasteiger partial charge in [-0.05, 0) is 30.5 Å². The van der Waals surface area contributed by atoms with E-state index in [0.29, 0.717) is 5.75 Å². The smallest absolute Gasteiger partial charge is 0.319 e. The minimum absolute atomic E-state index is 0.0118. The highest BCUT2D eigenvalue weighted by Crippen LogP contribution is 2.24. The number of amides is 5. The minimum atomic E-state index is -1.15. The number of ether oxygens (including phenoxy) is 1. The van der Waals surface area contributed by atoms with E-state index in [1.807, 2.05) is 12.1 Å². The van der Waals surface area contributed by atoms with Crippen LogP contribution in [0.15, 0.2) is 24.3 Å². The van der Waals surface area contributed by atoms with Crippen LogP contribution in [0.4, 0.5) is 4.79 Å². The second-order valence-electron chi connectivity index (χ2n) is 8.57. The molecule has 5 amide bonds. The normalized spacial score (nSPS) is 21.5. The monoisotopic (exact) mass is 459 g/mol. The topological polar surface area (TPSA) is 134 Å². The van der Waals surface area contributed by atoms with Crippen LogP contribution in [-0.4, -0.2) is 72.4 Å². The van der Waals surface area contributed by atoms with Gasteiger partial charge in [-0.1, -0.05) is 31.4 Å². The fraction of sp³-hybridized carbons (Fsp3) is 0.565. The van der Waals surface area contributed by atoms with Crippen LogP contribution in [-0.2, 0) is 20.9 Å². The lowest BCUT2D eigenvalue weighted by molar-refractivity contribution is -0.149. The van der Waals surface area contributed by atoms with Gasteiger partial charge < -0.3 is 26.0 Å². The third kappa shape index (κ3) is 5.94. The van der Waals surface area contributed by atoms with Crippen LogP contribution in [0.3, 0.4) is 0 Å². The molecule has 1 unspecified atom stereocenters. The number of nitrogens with two attached hydrogens (primary N) is 1. The number of carbonyl (C=O) groups excluding carboxylic acids is 4. The molecule has 2 aliphatic rings. The average molecular weight is 460 g/mol. The largest absolute Gasteiger partial charge is 0.497 e. The predicted octanol–water partition coefficient (Wildman–Crippen LogP) is 0.740. The maximum atomic E-state index is 13.4. The van der Waals surface area contributed by atoms with Crippen molar-refractivity contribution in [2.75, 3.05) is 20.7 Å². The molecular formula is C23H33N5O5. The molecule has 1 aromatic carbocycles. The zero-order valence-corrected chi connectivity index (χ0v) is 19.2. The van der Waals surface area contributed by atoms with E-state index in [9.17, 15) is 19.2 Å². The van der Waals surface area contributed by atoms with Crippen LogP contribution >= 0.6 is 0 Å². The van der Waals surface area contributed by atoms with Gasteiger partial charge in [0, 0.05) is 19.6 Å². The van der Waals surface area contributed by atoms with Crippen molar-refractivity contribution in [1.82, 2.24) is 20.4 Å². The second-order valence-corrected chi connectivity index (χ2v) is 8.57. The van der Waals surface area contributed by atoms with E-state index in [4.69, 9.17) is 10.5 Å². The van der Waals surface area contributed by atoms with Crippen molar-refractivity contribution in [3.05, 3.63) is 29.8 Å². The maximum absolute atomic E-state index is 13.4. The van der Waals surface area contributed by atoms with Crippen LogP contribution in [0.5, 0.6) is 5.75 Å². The van der Waals surface area contributed by atoms with E-state index in [2.05, 4.69) is 10.6 Å². The van der Waals surface area contributed by atoms with Gasteiger partial charge in [0.25, 0.3) is 0 Å². The van der Waals surface area contributed by atoms with E-state index in [1.54, 1.807) is 19.2 Å². The fourth-order valence-electron chi connectivity index (χ4n) is 4.56. The lowest BCUT2D eigenvalue weighted by Gasteiger charge is -2.45. The Morgan fingerprint density at radius 2 is 1.79 bits per heavy atom. The molecule has 1 aliphatic carbocycles. The van der Waals surface area contributed by atoms with Gasteiger partial charge in [-0.2, -0.15) is 0 Å². The Balaban J connectivity index is 1.86. The molecule has 0 aromatic heterocycles. The van der Waals surface area contributed by atoms with Gasteiger partial charge in [0.1, 0.15) is 17.8 Å². The summed E-state index contributed by atoms with van der Waals surface area (Å²) in [6, 6.07) is 4.59. The highest BCUT2D eigenvalue weighted by molar-refractivity contribution is 5.96. The summed E-state index contributed by atoms with van der Waals surface area (Å²) in [6.07, 6.45) is 4.50. The average Bonchev–Trinajstić information content (AvgIpc) is 2.81. The van der Waals surface area contributed by atoms with Gasteiger partial charge in [0.2, 0.25) is 17.7 Å². The first-order valence-electron chi connectivity index (χ1n) is 11.3. The number of rotatable bonds is 7. The number of piperazine rings is 1. The van der Waals surface area contributed by atoms with Crippen molar-refractivity contribution < 1.29 is 23.9 Å². The lowest BCUT2D eigenvalue weighted by atomic mass is 9.95. The number of nitrogens with one attached hydrogen (secondary N) is 2. The lowest BCUT2D eigenvalue weighted by Crippen LogP contribution is -2.69. The van der Waals surface area contributed by atoms with Gasteiger partial charge in [-0.25, -0.2) is 4.79 Å². The third-order valence-electron chi connectivity index (χ3n) is 6.30. The fourth-order valence-corrected chi connectivity index (χ4v) is 4.56. The van der Waals surface area contributed by atoms with Crippen LogP contribution in [0.2, 0.25) is 0 Å². The molecule has 2 atom stereocenters. The molecule has 1 saturated carbocycles. The Morgan fingerprint density at radius 3 is 2.36 bits per heavy atom. The van der Waals surface area contributed by atoms with Gasteiger partial charge in [-0.15, -0.1) is 0 Å². The molecule has 0 spiro atoms. The number of methoxy groups -OCH3 is 1. The standard InChI is InChI=1S/C23H33N5O5/c1-25-21(30)19-14-27(13-15-8-10-17(33-2)11-9-15)22(31)18(12-20(24)29)28(19)23(32)26-16-6-4-3-5-7-16/h8-11,16,18-19H,3-7,12-14H2,1-2H3,(H2,24,29)(H,25,30)(H,26,32)/t18?,19-/m0/s1. The van der Waals surface area contributed by atoms with E-state index >= 15 is 0 Å². The third-order valence-corrected chi connectivity index (χ3v) is 6.30. The number of carbonyl (C=O) groups is 4. The molecule has 33 heavy (non-hydrogen) atoms. The summed E-state index contributed by atoms with van der Waals surface area (Å²) in [4.78, 5) is 54.0. The maximum Gasteiger partial charge on any atom is 0.319 e. The molecule has 4 N–H and O–H groups in total. The quantitative estimate of drug-likeness (QED) is 0.553. The molecule has 10 heteroatoms. The molecule has 10 nitrogen and oxygen atoms in total. The second kappa shape index (κ2) is 11.0. The molecule has 0 radical (unpaired) electrons. The summed E-state index contributed by atoms with van der Waals surface area (Å²) in [7, 11) is 3.05. The summed E-state index contributed by atoms with van der Waals surface area (Å²) in [6.45, 7) is 0.238. The highest BCUT2D eigenvalue weighted by atomic mass is 16.5. The molecule has 1 aromatic rings. The number of nitrogens with zero attached hydrogens (tertiary/aromatic N) is 2. The Labute approximate surface area is 193 Å². The summed E-state index contributed by atoms with van der Waals surface area (Å²) in [5.74, 6) is -0.853. The van der Waals surface area contributed by atoms with Crippen molar-refractivity contribution in [1.29, 1.82) is 0 Å². The van der Waals surface area contributed by atoms with Gasteiger partial charge >= 0.3 is 6.03 Å². The van der Waals surface area contributed by atoms with Crippen molar-refractivity contribution in [2.24, 2.45) is 5.73 Å². The van der Waals surface area contributed by atoms with Crippen LogP contribution in [0, 0.1) is 0 Å². The van der Waals surface area contributed by atoms with Crippen LogP contribution < -0.4 is 21.1 Å². The predicted molar refractivity (Wildman–Crippen MR) is 121 cm³/mol.